The van der Waals surface area contributed by atoms with E-state index in [1.54, 1.807) is 7.11 Å². The van der Waals surface area contributed by atoms with Gasteiger partial charge in [0.25, 0.3) is 0 Å². The Balaban J connectivity index is 1.53. The van der Waals surface area contributed by atoms with Crippen LogP contribution in [0.2, 0.25) is 0 Å². The van der Waals surface area contributed by atoms with Crippen LogP contribution in [-0.2, 0) is 13.0 Å². The number of anilines is 1. The molecule has 0 radical (unpaired) electrons. The number of methoxy groups -OCH3 is 1. The Kier molecular flexibility index (Phi) is 6.48. The molecule has 0 bridgehead atoms. The van der Waals surface area contributed by atoms with Crippen LogP contribution < -0.4 is 10.1 Å². The van der Waals surface area contributed by atoms with Crippen molar-refractivity contribution in [2.24, 2.45) is 0 Å². The average molecular weight is 431 g/mol. The number of ether oxygens (including phenoxy) is 1. The third-order valence-corrected chi connectivity index (χ3v) is 5.77. The molecular formula is C25H26N4OS. The van der Waals surface area contributed by atoms with E-state index in [2.05, 4.69) is 51.4 Å². The first-order valence-electron chi connectivity index (χ1n) is 10.3. The van der Waals surface area contributed by atoms with Crippen molar-refractivity contribution < 1.29 is 4.74 Å². The number of para-hydroxylation sites is 1. The molecule has 31 heavy (non-hydrogen) atoms. The molecule has 4 rings (SSSR count). The van der Waals surface area contributed by atoms with Crippen LogP contribution in [0.1, 0.15) is 16.8 Å². The van der Waals surface area contributed by atoms with Gasteiger partial charge in [-0.3, -0.25) is 4.98 Å². The Bertz CT molecular complexity index is 1160. The Morgan fingerprint density at radius 1 is 1.06 bits per heavy atom. The molecule has 2 heterocycles. The highest BCUT2D eigenvalue weighted by Crippen LogP contribution is 2.23. The second-order valence-corrected chi connectivity index (χ2v) is 7.85. The summed E-state index contributed by atoms with van der Waals surface area (Å²) in [6.07, 6.45) is 4.53. The van der Waals surface area contributed by atoms with Crippen molar-refractivity contribution >= 4 is 33.9 Å². The summed E-state index contributed by atoms with van der Waals surface area (Å²) in [5.41, 5.74) is 5.83. The molecule has 0 saturated carbocycles. The summed E-state index contributed by atoms with van der Waals surface area (Å²) in [4.78, 5) is 9.83. The fourth-order valence-corrected chi connectivity index (χ4v) is 4.02. The van der Waals surface area contributed by atoms with Crippen LogP contribution in [-0.4, -0.2) is 33.6 Å². The summed E-state index contributed by atoms with van der Waals surface area (Å²) < 4.78 is 5.25. The fourth-order valence-electron chi connectivity index (χ4n) is 3.74. The van der Waals surface area contributed by atoms with Crippen LogP contribution in [0.5, 0.6) is 5.75 Å². The highest BCUT2D eigenvalue weighted by atomic mass is 32.1. The number of aromatic nitrogens is 2. The number of rotatable bonds is 7. The summed E-state index contributed by atoms with van der Waals surface area (Å²) in [7, 11) is 1.66. The third-order valence-electron chi connectivity index (χ3n) is 5.41. The van der Waals surface area contributed by atoms with Crippen LogP contribution in [0.4, 0.5) is 5.69 Å². The molecule has 6 heteroatoms. The average Bonchev–Trinajstić information content (AvgIpc) is 3.12. The van der Waals surface area contributed by atoms with Crippen LogP contribution in [0.15, 0.2) is 73.1 Å². The summed E-state index contributed by atoms with van der Waals surface area (Å²) >= 11 is 5.80. The first-order chi connectivity index (χ1) is 15.1. The smallest absolute Gasteiger partial charge is 0.173 e. The molecule has 2 aromatic carbocycles. The lowest BCUT2D eigenvalue weighted by Crippen LogP contribution is -2.36. The van der Waals surface area contributed by atoms with Gasteiger partial charge in [-0.1, -0.05) is 18.2 Å². The molecule has 0 aliphatic carbocycles. The number of nitrogens with zero attached hydrogens (tertiary/aromatic N) is 2. The SMILES string of the molecule is COc1ccc(NC(=S)N(CCc2c(C)[nH]c3ccccc23)Cc2ccncc2)cc1. The van der Waals surface area contributed by atoms with Crippen molar-refractivity contribution in [2.75, 3.05) is 19.0 Å². The lowest BCUT2D eigenvalue weighted by atomic mass is 10.1. The lowest BCUT2D eigenvalue weighted by Gasteiger charge is -2.26. The van der Waals surface area contributed by atoms with Crippen molar-refractivity contribution in [3.8, 4) is 5.75 Å². The molecule has 0 saturated heterocycles. The predicted octanol–water partition coefficient (Wildman–Crippen LogP) is 5.32. The second-order valence-electron chi connectivity index (χ2n) is 7.46. The summed E-state index contributed by atoms with van der Waals surface area (Å²) in [5.74, 6) is 0.819. The molecule has 4 aromatic rings. The van der Waals surface area contributed by atoms with Gasteiger partial charge in [-0.2, -0.15) is 0 Å². The zero-order chi connectivity index (χ0) is 21.6. The van der Waals surface area contributed by atoms with Gasteiger partial charge in [-0.05, 0) is 79.2 Å². The normalized spacial score (nSPS) is 10.8. The minimum absolute atomic E-state index is 0.694. The topological polar surface area (TPSA) is 53.2 Å². The van der Waals surface area contributed by atoms with Gasteiger partial charge in [0.15, 0.2) is 5.11 Å². The number of pyridine rings is 1. The third kappa shape index (κ3) is 5.03. The molecule has 0 atom stereocenters. The molecule has 0 spiro atoms. The molecule has 5 nitrogen and oxygen atoms in total. The Hall–Kier alpha value is -3.38. The van der Waals surface area contributed by atoms with E-state index in [9.17, 15) is 0 Å². The van der Waals surface area contributed by atoms with Gasteiger partial charge < -0.3 is 19.9 Å². The zero-order valence-electron chi connectivity index (χ0n) is 17.8. The van der Waals surface area contributed by atoms with E-state index >= 15 is 0 Å². The minimum Gasteiger partial charge on any atom is -0.497 e. The van der Waals surface area contributed by atoms with Crippen LogP contribution in [0.3, 0.4) is 0 Å². The van der Waals surface area contributed by atoms with Gasteiger partial charge in [0, 0.05) is 47.8 Å². The Morgan fingerprint density at radius 3 is 2.55 bits per heavy atom. The van der Waals surface area contributed by atoms with Crippen molar-refractivity contribution in [1.29, 1.82) is 0 Å². The van der Waals surface area contributed by atoms with Crippen molar-refractivity contribution in [3.05, 3.63) is 89.9 Å². The Morgan fingerprint density at radius 2 is 1.81 bits per heavy atom. The fraction of sp³-hybridized carbons (Fsp3) is 0.200. The molecule has 0 fully saturated rings. The van der Waals surface area contributed by atoms with Gasteiger partial charge in [-0.25, -0.2) is 0 Å². The number of benzene rings is 2. The quantitative estimate of drug-likeness (QED) is 0.389. The molecule has 2 N–H and O–H groups in total. The number of aromatic amines is 1. The highest BCUT2D eigenvalue weighted by molar-refractivity contribution is 7.80. The molecule has 0 aliphatic heterocycles. The van der Waals surface area contributed by atoms with E-state index in [-0.39, 0.29) is 0 Å². The van der Waals surface area contributed by atoms with Gasteiger partial charge in [-0.15, -0.1) is 0 Å². The van der Waals surface area contributed by atoms with Gasteiger partial charge in [0.1, 0.15) is 5.75 Å². The van der Waals surface area contributed by atoms with E-state index in [0.717, 1.165) is 24.4 Å². The zero-order valence-corrected chi connectivity index (χ0v) is 18.6. The van der Waals surface area contributed by atoms with Crippen LogP contribution in [0.25, 0.3) is 10.9 Å². The first kappa shape index (κ1) is 20.9. The maximum absolute atomic E-state index is 5.80. The molecule has 0 unspecified atom stereocenters. The van der Waals surface area contributed by atoms with Gasteiger partial charge in [0.2, 0.25) is 0 Å². The molecule has 0 aliphatic rings. The monoisotopic (exact) mass is 430 g/mol. The van der Waals surface area contributed by atoms with E-state index in [0.29, 0.717) is 11.7 Å². The molecule has 2 aromatic heterocycles. The largest absolute Gasteiger partial charge is 0.497 e. The first-order valence-corrected chi connectivity index (χ1v) is 10.7. The van der Waals surface area contributed by atoms with E-state index < -0.39 is 0 Å². The van der Waals surface area contributed by atoms with E-state index in [1.165, 1.54) is 27.7 Å². The van der Waals surface area contributed by atoms with E-state index in [4.69, 9.17) is 17.0 Å². The number of thiocarbonyl (C=S) groups is 1. The van der Waals surface area contributed by atoms with Gasteiger partial charge in [0.05, 0.1) is 7.11 Å². The summed E-state index contributed by atoms with van der Waals surface area (Å²) in [5, 5.41) is 5.34. The van der Waals surface area contributed by atoms with Crippen molar-refractivity contribution in [2.45, 2.75) is 19.9 Å². The van der Waals surface area contributed by atoms with Crippen LogP contribution in [0, 0.1) is 6.92 Å². The maximum Gasteiger partial charge on any atom is 0.173 e. The molecule has 158 valence electrons. The summed E-state index contributed by atoms with van der Waals surface area (Å²) in [6.45, 7) is 3.65. The Labute approximate surface area is 188 Å². The van der Waals surface area contributed by atoms with Gasteiger partial charge >= 0.3 is 0 Å². The summed E-state index contributed by atoms with van der Waals surface area (Å²) in [6, 6.07) is 20.3. The lowest BCUT2D eigenvalue weighted by molar-refractivity contribution is 0.415. The molecule has 0 amide bonds. The number of aryl methyl sites for hydroxylation is 1. The number of nitrogens with one attached hydrogen (secondary N) is 2. The van der Waals surface area contributed by atoms with E-state index in [1.807, 2.05) is 48.8 Å². The number of hydrogen-bond acceptors (Lipinski definition) is 3. The number of fused-ring (bicyclic) bond motifs is 1. The number of H-pyrrole nitrogens is 1. The minimum atomic E-state index is 0.694. The predicted molar refractivity (Wildman–Crippen MR) is 131 cm³/mol. The number of hydrogen-bond donors (Lipinski definition) is 2. The van der Waals surface area contributed by atoms with Crippen LogP contribution >= 0.6 is 12.2 Å². The highest BCUT2D eigenvalue weighted by Gasteiger charge is 2.14. The maximum atomic E-state index is 5.80. The standard InChI is InChI=1S/C25H26N4OS/c1-18-22(23-5-3-4-6-24(23)27-18)13-16-29(17-19-11-14-26-15-12-19)25(31)28-20-7-9-21(30-2)10-8-20/h3-12,14-15,27H,13,16-17H2,1-2H3,(H,28,31). The second kappa shape index (κ2) is 9.62. The van der Waals surface area contributed by atoms with Crippen molar-refractivity contribution in [3.63, 3.8) is 0 Å². The molecular weight excluding hydrogens is 404 g/mol. The van der Waals surface area contributed by atoms with Crippen molar-refractivity contribution in [1.82, 2.24) is 14.9 Å².